The minimum absolute atomic E-state index is 0.463. The van der Waals surface area contributed by atoms with Crippen molar-refractivity contribution in [3.05, 3.63) is 78.4 Å². The fourth-order valence-corrected chi connectivity index (χ4v) is 2.55. The predicted octanol–water partition coefficient (Wildman–Crippen LogP) is 4.16. The highest BCUT2D eigenvalue weighted by atomic mass is 16.3. The number of rotatable bonds is 4. The van der Waals surface area contributed by atoms with E-state index in [2.05, 4.69) is 23.5 Å². The second kappa shape index (κ2) is 5.58. The molecule has 0 saturated carbocycles. The largest absolute Gasteiger partial charge is 0.384 e. The first-order chi connectivity index (χ1) is 10.2. The average Bonchev–Trinajstić information content (AvgIpc) is 2.54. The lowest BCUT2D eigenvalue weighted by atomic mass is 9.96. The summed E-state index contributed by atoms with van der Waals surface area (Å²) in [6, 6.07) is 24.2. The maximum absolute atomic E-state index is 10.7. The van der Waals surface area contributed by atoms with Gasteiger partial charge >= 0.3 is 0 Å². The Morgan fingerprint density at radius 3 is 2.33 bits per heavy atom. The summed E-state index contributed by atoms with van der Waals surface area (Å²) in [5.74, 6) is 0. The van der Waals surface area contributed by atoms with Crippen molar-refractivity contribution in [2.24, 2.45) is 0 Å². The van der Waals surface area contributed by atoms with Gasteiger partial charge in [-0.2, -0.15) is 0 Å². The van der Waals surface area contributed by atoms with Crippen molar-refractivity contribution in [1.29, 1.82) is 0 Å². The van der Waals surface area contributed by atoms with Crippen LogP contribution in [0.15, 0.2) is 72.8 Å². The summed E-state index contributed by atoms with van der Waals surface area (Å²) >= 11 is 0. The Hall–Kier alpha value is -2.32. The highest BCUT2D eigenvalue weighted by molar-refractivity contribution is 5.93. The molecule has 21 heavy (non-hydrogen) atoms. The van der Waals surface area contributed by atoms with Gasteiger partial charge in [-0.3, -0.25) is 0 Å². The average molecular weight is 277 g/mol. The van der Waals surface area contributed by atoms with Crippen LogP contribution < -0.4 is 5.32 Å². The monoisotopic (exact) mass is 277 g/mol. The first-order valence-electron chi connectivity index (χ1n) is 7.16. The molecule has 0 spiro atoms. The van der Waals surface area contributed by atoms with Crippen molar-refractivity contribution in [1.82, 2.24) is 0 Å². The molecule has 0 amide bonds. The van der Waals surface area contributed by atoms with E-state index in [0.717, 1.165) is 11.3 Å². The van der Waals surface area contributed by atoms with Crippen LogP contribution in [0.5, 0.6) is 0 Å². The van der Waals surface area contributed by atoms with E-state index in [4.69, 9.17) is 0 Å². The molecule has 0 radical (unpaired) electrons. The molecule has 1 unspecified atom stereocenters. The summed E-state index contributed by atoms with van der Waals surface area (Å²) in [7, 11) is 0. The Bertz CT molecular complexity index is 729. The van der Waals surface area contributed by atoms with E-state index in [1.165, 1.54) is 10.8 Å². The summed E-state index contributed by atoms with van der Waals surface area (Å²) < 4.78 is 0. The zero-order valence-electron chi connectivity index (χ0n) is 12.1. The molecule has 2 N–H and O–H groups in total. The second-order valence-corrected chi connectivity index (χ2v) is 5.52. The molecule has 3 aromatic carbocycles. The van der Waals surface area contributed by atoms with Crippen molar-refractivity contribution in [2.75, 3.05) is 11.9 Å². The van der Waals surface area contributed by atoms with Crippen molar-refractivity contribution in [3.63, 3.8) is 0 Å². The smallest absolute Gasteiger partial charge is 0.104 e. The minimum atomic E-state index is -0.905. The zero-order valence-corrected chi connectivity index (χ0v) is 12.1. The number of aliphatic hydroxyl groups is 1. The maximum atomic E-state index is 10.7. The topological polar surface area (TPSA) is 32.3 Å². The van der Waals surface area contributed by atoms with Crippen molar-refractivity contribution in [3.8, 4) is 0 Å². The molecule has 1 atom stereocenters. The van der Waals surface area contributed by atoms with Gasteiger partial charge in [0.05, 0.1) is 0 Å². The molecule has 0 aliphatic rings. The summed E-state index contributed by atoms with van der Waals surface area (Å²) in [6.07, 6.45) is 0. The lowest BCUT2D eigenvalue weighted by Gasteiger charge is -2.25. The highest BCUT2D eigenvalue weighted by Crippen LogP contribution is 2.25. The number of hydrogen-bond donors (Lipinski definition) is 2. The van der Waals surface area contributed by atoms with E-state index >= 15 is 0 Å². The van der Waals surface area contributed by atoms with E-state index in [0.29, 0.717) is 6.54 Å². The summed E-state index contributed by atoms with van der Waals surface area (Å²) in [5, 5.41) is 16.4. The Kier molecular flexibility index (Phi) is 3.63. The Morgan fingerprint density at radius 2 is 1.52 bits per heavy atom. The first-order valence-corrected chi connectivity index (χ1v) is 7.16. The molecule has 0 aromatic heterocycles. The van der Waals surface area contributed by atoms with Crippen LogP contribution in [0.25, 0.3) is 10.8 Å². The number of nitrogens with one attached hydrogen (secondary N) is 1. The Labute approximate surface area is 125 Å². The lowest BCUT2D eigenvalue weighted by Crippen LogP contribution is -2.30. The second-order valence-electron chi connectivity index (χ2n) is 5.52. The van der Waals surface area contributed by atoms with Crippen LogP contribution in [0.1, 0.15) is 12.5 Å². The van der Waals surface area contributed by atoms with E-state index in [-0.39, 0.29) is 0 Å². The number of fused-ring (bicyclic) bond motifs is 1. The van der Waals surface area contributed by atoms with Gasteiger partial charge < -0.3 is 10.4 Å². The van der Waals surface area contributed by atoms with Crippen LogP contribution in [-0.2, 0) is 5.60 Å². The number of benzene rings is 3. The summed E-state index contributed by atoms with van der Waals surface area (Å²) in [4.78, 5) is 0. The Balaban J connectivity index is 1.84. The van der Waals surface area contributed by atoms with Crippen LogP contribution >= 0.6 is 0 Å². The van der Waals surface area contributed by atoms with Crippen molar-refractivity contribution >= 4 is 16.5 Å². The summed E-state index contributed by atoms with van der Waals surface area (Å²) in [6.45, 7) is 2.30. The molecule has 3 rings (SSSR count). The van der Waals surface area contributed by atoms with Crippen molar-refractivity contribution in [2.45, 2.75) is 12.5 Å². The van der Waals surface area contributed by atoms with Crippen LogP contribution in [0.4, 0.5) is 5.69 Å². The molecule has 0 bridgehead atoms. The maximum Gasteiger partial charge on any atom is 0.104 e. The molecule has 0 aliphatic carbocycles. The summed E-state index contributed by atoms with van der Waals surface area (Å²) in [5.41, 5.74) is 1.06. The molecule has 2 heteroatoms. The molecule has 0 heterocycles. The third kappa shape index (κ3) is 2.91. The van der Waals surface area contributed by atoms with E-state index in [9.17, 15) is 5.11 Å². The van der Waals surface area contributed by atoms with E-state index in [1.54, 1.807) is 0 Å². The fourth-order valence-electron chi connectivity index (χ4n) is 2.55. The molecule has 2 nitrogen and oxygen atoms in total. The van der Waals surface area contributed by atoms with Crippen molar-refractivity contribution < 1.29 is 5.11 Å². The molecule has 0 aliphatic heterocycles. The third-order valence-corrected chi connectivity index (χ3v) is 3.81. The van der Waals surface area contributed by atoms with Crippen LogP contribution in [0.3, 0.4) is 0 Å². The predicted molar refractivity (Wildman–Crippen MR) is 88.5 cm³/mol. The first kappa shape index (κ1) is 13.7. The minimum Gasteiger partial charge on any atom is -0.384 e. The standard InChI is InChI=1S/C19H19NO/c1-19(21,16-10-3-2-4-11-16)14-20-18-13-7-9-15-8-5-6-12-17(15)18/h2-13,20-21H,14H2,1H3. The number of anilines is 1. The van der Waals surface area contributed by atoms with Crippen LogP contribution in [-0.4, -0.2) is 11.7 Å². The van der Waals surface area contributed by atoms with Crippen LogP contribution in [0, 0.1) is 0 Å². The highest BCUT2D eigenvalue weighted by Gasteiger charge is 2.22. The molecule has 0 fully saturated rings. The van der Waals surface area contributed by atoms with Gasteiger partial charge in [-0.1, -0.05) is 66.7 Å². The van der Waals surface area contributed by atoms with Gasteiger partial charge in [0.1, 0.15) is 5.60 Å². The van der Waals surface area contributed by atoms with Gasteiger partial charge in [0, 0.05) is 17.6 Å². The number of hydrogen-bond acceptors (Lipinski definition) is 2. The molecule has 3 aromatic rings. The Morgan fingerprint density at radius 1 is 0.857 bits per heavy atom. The third-order valence-electron chi connectivity index (χ3n) is 3.81. The zero-order chi connectivity index (χ0) is 14.7. The quantitative estimate of drug-likeness (QED) is 0.750. The van der Waals surface area contributed by atoms with Gasteiger partial charge in [0.15, 0.2) is 0 Å². The molecule has 0 saturated heterocycles. The normalized spacial score (nSPS) is 13.8. The van der Waals surface area contributed by atoms with Gasteiger partial charge in [0.25, 0.3) is 0 Å². The fraction of sp³-hybridized carbons (Fsp3) is 0.158. The van der Waals surface area contributed by atoms with Gasteiger partial charge in [-0.25, -0.2) is 0 Å². The van der Waals surface area contributed by atoms with Gasteiger partial charge in [0.2, 0.25) is 0 Å². The lowest BCUT2D eigenvalue weighted by molar-refractivity contribution is 0.0716. The van der Waals surface area contributed by atoms with Gasteiger partial charge in [-0.05, 0) is 23.9 Å². The SMILES string of the molecule is CC(O)(CNc1cccc2ccccc12)c1ccccc1. The molecular weight excluding hydrogens is 258 g/mol. The molecular formula is C19H19NO. The van der Waals surface area contributed by atoms with E-state index in [1.807, 2.05) is 61.5 Å². The molecule has 106 valence electrons. The van der Waals surface area contributed by atoms with E-state index < -0.39 is 5.60 Å². The van der Waals surface area contributed by atoms with Gasteiger partial charge in [-0.15, -0.1) is 0 Å². The van der Waals surface area contributed by atoms with Crippen LogP contribution in [0.2, 0.25) is 0 Å².